The number of thiocarbonyl (C=S) groups is 1. The summed E-state index contributed by atoms with van der Waals surface area (Å²) in [6.45, 7) is 3.63. The molecule has 1 heterocycles. The summed E-state index contributed by atoms with van der Waals surface area (Å²) in [6.07, 6.45) is 0.947. The van der Waals surface area contributed by atoms with Gasteiger partial charge in [-0.25, -0.2) is 8.42 Å². The maximum Gasteiger partial charge on any atom is 0.179 e. The molecule has 1 aromatic carbocycles. The Bertz CT molecular complexity index is 577. The van der Waals surface area contributed by atoms with E-state index in [-0.39, 0.29) is 10.7 Å². The molecule has 0 atom stereocenters. The van der Waals surface area contributed by atoms with Crippen LogP contribution in [0, 0.1) is 0 Å². The highest BCUT2D eigenvalue weighted by atomic mass is 32.2. The van der Waals surface area contributed by atoms with Crippen LogP contribution < -0.4 is 5.73 Å². The summed E-state index contributed by atoms with van der Waals surface area (Å²) in [5.41, 5.74) is 6.18. The third-order valence-electron chi connectivity index (χ3n) is 3.49. The van der Waals surface area contributed by atoms with E-state index in [0.29, 0.717) is 23.6 Å². The molecule has 1 aromatic rings. The summed E-state index contributed by atoms with van der Waals surface area (Å²) in [7, 11) is -3.28. The molecule has 1 saturated heterocycles. The smallest absolute Gasteiger partial charge is 0.179 e. The first kappa shape index (κ1) is 16.4. The quantitative estimate of drug-likeness (QED) is 0.807. The number of ether oxygens (including phenoxy) is 1. The molecule has 0 saturated carbocycles. The first-order chi connectivity index (χ1) is 9.99. The zero-order valence-corrected chi connectivity index (χ0v) is 13.5. The molecule has 0 aliphatic carbocycles. The molecular weight excluding hydrogens is 308 g/mol. The number of nitrogens with zero attached hydrogens (tertiary/aromatic N) is 1. The zero-order chi connectivity index (χ0) is 15.3. The summed E-state index contributed by atoms with van der Waals surface area (Å²) in [6, 6.07) is 6.43. The van der Waals surface area contributed by atoms with E-state index in [4.69, 9.17) is 22.7 Å². The van der Waals surface area contributed by atoms with Gasteiger partial charge in [-0.1, -0.05) is 24.4 Å². The van der Waals surface area contributed by atoms with Gasteiger partial charge in [0.15, 0.2) is 9.84 Å². The van der Waals surface area contributed by atoms with Gasteiger partial charge >= 0.3 is 0 Å². The largest absolute Gasteiger partial charge is 0.389 e. The fourth-order valence-corrected chi connectivity index (χ4v) is 3.64. The van der Waals surface area contributed by atoms with Gasteiger partial charge in [-0.3, -0.25) is 4.90 Å². The molecule has 7 heteroatoms. The number of nitrogens with two attached hydrogens (primary N) is 1. The second-order valence-corrected chi connectivity index (χ2v) is 7.56. The molecule has 0 spiro atoms. The topological polar surface area (TPSA) is 72.6 Å². The van der Waals surface area contributed by atoms with Gasteiger partial charge in [-0.05, 0) is 18.6 Å². The zero-order valence-electron chi connectivity index (χ0n) is 11.8. The first-order valence-corrected chi connectivity index (χ1v) is 8.98. The average molecular weight is 328 g/mol. The highest BCUT2D eigenvalue weighted by Crippen LogP contribution is 2.13. The van der Waals surface area contributed by atoms with E-state index in [9.17, 15) is 8.42 Å². The van der Waals surface area contributed by atoms with Crippen LogP contribution in [0.25, 0.3) is 0 Å². The lowest BCUT2D eigenvalue weighted by atomic mass is 10.2. The van der Waals surface area contributed by atoms with Crippen molar-refractivity contribution in [3.63, 3.8) is 0 Å². The van der Waals surface area contributed by atoms with Crippen molar-refractivity contribution in [2.75, 3.05) is 38.6 Å². The third-order valence-corrected chi connectivity index (χ3v) is 5.44. The van der Waals surface area contributed by atoms with Crippen LogP contribution in [0.3, 0.4) is 0 Å². The first-order valence-electron chi connectivity index (χ1n) is 6.92. The van der Waals surface area contributed by atoms with Gasteiger partial charge in [0, 0.05) is 31.8 Å². The van der Waals surface area contributed by atoms with Crippen LogP contribution in [0.1, 0.15) is 12.0 Å². The van der Waals surface area contributed by atoms with Crippen molar-refractivity contribution >= 4 is 27.0 Å². The Morgan fingerprint density at radius 1 is 1.24 bits per heavy atom. The van der Waals surface area contributed by atoms with E-state index in [1.807, 2.05) is 0 Å². The fourth-order valence-electron chi connectivity index (χ4n) is 2.22. The minimum absolute atomic E-state index is 0.111. The molecule has 1 aliphatic rings. The van der Waals surface area contributed by atoms with Crippen molar-refractivity contribution in [3.8, 4) is 0 Å². The Balaban J connectivity index is 1.98. The molecule has 0 bridgehead atoms. The number of benzene rings is 1. The predicted octanol–water partition coefficient (Wildman–Crippen LogP) is 0.817. The normalized spacial score (nSPS) is 17.3. The van der Waals surface area contributed by atoms with E-state index in [2.05, 4.69) is 4.90 Å². The van der Waals surface area contributed by atoms with Crippen molar-refractivity contribution < 1.29 is 13.2 Å². The molecule has 1 fully saturated rings. The van der Waals surface area contributed by atoms with Gasteiger partial charge in [0.05, 0.1) is 17.3 Å². The van der Waals surface area contributed by atoms with Crippen LogP contribution in [-0.4, -0.2) is 56.9 Å². The van der Waals surface area contributed by atoms with Crippen LogP contribution in [0.2, 0.25) is 0 Å². The summed E-state index contributed by atoms with van der Waals surface area (Å²) < 4.78 is 30.0. The molecule has 5 nitrogen and oxygen atoms in total. The van der Waals surface area contributed by atoms with E-state index >= 15 is 0 Å². The summed E-state index contributed by atoms with van der Waals surface area (Å²) in [5.74, 6) is 0.111. The SMILES string of the molecule is NC(=S)c1ccc(S(=O)(=O)CCN2CCCOCC2)cc1. The standard InChI is InChI=1S/C14H20N2O3S2/c15-14(20)12-2-4-13(5-3-12)21(17,18)11-8-16-6-1-9-19-10-7-16/h2-5H,1,6-11H2,(H2,15,20). The van der Waals surface area contributed by atoms with E-state index in [1.165, 1.54) is 0 Å². The van der Waals surface area contributed by atoms with Crippen LogP contribution in [-0.2, 0) is 14.6 Å². The second kappa shape index (κ2) is 7.31. The van der Waals surface area contributed by atoms with E-state index in [1.54, 1.807) is 24.3 Å². The van der Waals surface area contributed by atoms with Crippen molar-refractivity contribution in [1.29, 1.82) is 0 Å². The highest BCUT2D eigenvalue weighted by molar-refractivity contribution is 7.91. The number of hydrogen-bond donors (Lipinski definition) is 1. The Labute approximate surface area is 131 Å². The van der Waals surface area contributed by atoms with Gasteiger partial charge in [0.2, 0.25) is 0 Å². The van der Waals surface area contributed by atoms with Crippen LogP contribution >= 0.6 is 12.2 Å². The fraction of sp³-hybridized carbons (Fsp3) is 0.500. The van der Waals surface area contributed by atoms with Crippen molar-refractivity contribution in [3.05, 3.63) is 29.8 Å². The maximum atomic E-state index is 12.3. The molecule has 0 unspecified atom stereocenters. The lowest BCUT2D eigenvalue weighted by Gasteiger charge is -2.18. The Morgan fingerprint density at radius 3 is 2.62 bits per heavy atom. The number of rotatable bonds is 5. The summed E-state index contributed by atoms with van der Waals surface area (Å²) in [4.78, 5) is 2.71. The molecule has 2 N–H and O–H groups in total. The monoisotopic (exact) mass is 328 g/mol. The molecule has 0 aromatic heterocycles. The summed E-state index contributed by atoms with van der Waals surface area (Å²) >= 11 is 4.86. The average Bonchev–Trinajstić information content (AvgIpc) is 2.74. The van der Waals surface area contributed by atoms with Gasteiger partial charge in [-0.15, -0.1) is 0 Å². The second-order valence-electron chi connectivity index (χ2n) is 5.02. The van der Waals surface area contributed by atoms with Crippen LogP contribution in [0.5, 0.6) is 0 Å². The van der Waals surface area contributed by atoms with Gasteiger partial charge in [-0.2, -0.15) is 0 Å². The Kier molecular flexibility index (Phi) is 5.69. The van der Waals surface area contributed by atoms with E-state index in [0.717, 1.165) is 26.1 Å². The molecule has 2 rings (SSSR count). The third kappa shape index (κ3) is 4.74. The summed E-state index contributed by atoms with van der Waals surface area (Å²) in [5, 5.41) is 0. The van der Waals surface area contributed by atoms with Crippen molar-refractivity contribution in [2.24, 2.45) is 5.73 Å². The van der Waals surface area contributed by atoms with Crippen molar-refractivity contribution in [2.45, 2.75) is 11.3 Å². The molecule has 1 aliphatic heterocycles. The van der Waals surface area contributed by atoms with Gasteiger partial charge in [0.1, 0.15) is 4.99 Å². The number of hydrogen-bond acceptors (Lipinski definition) is 5. The molecule has 21 heavy (non-hydrogen) atoms. The van der Waals surface area contributed by atoms with Gasteiger partial charge < -0.3 is 10.5 Å². The predicted molar refractivity (Wildman–Crippen MR) is 86.3 cm³/mol. The van der Waals surface area contributed by atoms with Crippen molar-refractivity contribution in [1.82, 2.24) is 4.90 Å². The number of sulfone groups is 1. The molecule has 116 valence electrons. The Morgan fingerprint density at radius 2 is 1.95 bits per heavy atom. The van der Waals surface area contributed by atoms with Crippen LogP contribution in [0.15, 0.2) is 29.2 Å². The maximum absolute atomic E-state index is 12.3. The Hall–Kier alpha value is -1.02. The lowest BCUT2D eigenvalue weighted by molar-refractivity contribution is 0.142. The highest BCUT2D eigenvalue weighted by Gasteiger charge is 2.17. The van der Waals surface area contributed by atoms with E-state index < -0.39 is 9.84 Å². The minimum atomic E-state index is -3.28. The minimum Gasteiger partial charge on any atom is -0.389 e. The molecule has 0 amide bonds. The lowest BCUT2D eigenvalue weighted by Crippen LogP contribution is -2.31. The molecular formula is C14H20N2O3S2. The van der Waals surface area contributed by atoms with Gasteiger partial charge in [0.25, 0.3) is 0 Å². The van der Waals surface area contributed by atoms with Crippen LogP contribution in [0.4, 0.5) is 0 Å². The molecule has 0 radical (unpaired) electrons.